The third-order valence-corrected chi connectivity index (χ3v) is 4.80. The van der Waals surface area contributed by atoms with E-state index in [0.29, 0.717) is 23.3 Å². The van der Waals surface area contributed by atoms with Gasteiger partial charge in [-0.15, -0.1) is 0 Å². The second-order valence-electron chi connectivity index (χ2n) is 3.73. The van der Waals surface area contributed by atoms with Crippen LogP contribution in [0.15, 0.2) is 10.5 Å². The van der Waals surface area contributed by atoms with Crippen molar-refractivity contribution >= 4 is 38.5 Å². The SMILES string of the molecule is CCCCC1=C(CCCI)S(=O)(=O)NC1=O. The number of nitrogens with one attached hydrogen (secondary N) is 1. The summed E-state index contributed by atoms with van der Waals surface area (Å²) in [4.78, 5) is 11.8. The first-order valence-electron chi connectivity index (χ1n) is 5.38. The lowest BCUT2D eigenvalue weighted by atomic mass is 10.1. The van der Waals surface area contributed by atoms with Gasteiger partial charge in [0.05, 0.1) is 4.91 Å². The number of rotatable bonds is 6. The predicted molar refractivity (Wildman–Crippen MR) is 71.7 cm³/mol. The summed E-state index contributed by atoms with van der Waals surface area (Å²) >= 11 is 2.20. The van der Waals surface area contributed by atoms with E-state index in [-0.39, 0.29) is 0 Å². The van der Waals surface area contributed by atoms with Crippen molar-refractivity contribution in [3.63, 3.8) is 0 Å². The Hall–Kier alpha value is -0.110. The number of unbranched alkanes of at least 4 members (excludes halogenated alkanes) is 1. The number of sulfonamides is 1. The van der Waals surface area contributed by atoms with Crippen LogP contribution in [0.2, 0.25) is 0 Å². The molecule has 1 N–H and O–H groups in total. The highest BCUT2D eigenvalue weighted by atomic mass is 127. The molecule has 1 aliphatic rings. The smallest absolute Gasteiger partial charge is 0.261 e. The zero-order valence-corrected chi connectivity index (χ0v) is 12.2. The van der Waals surface area contributed by atoms with E-state index >= 15 is 0 Å². The van der Waals surface area contributed by atoms with Crippen LogP contribution in [0.4, 0.5) is 0 Å². The normalized spacial score (nSPS) is 19.0. The molecule has 0 aromatic carbocycles. The topological polar surface area (TPSA) is 63.2 Å². The molecule has 16 heavy (non-hydrogen) atoms. The Morgan fingerprint density at radius 1 is 1.25 bits per heavy atom. The Morgan fingerprint density at radius 2 is 1.94 bits per heavy atom. The van der Waals surface area contributed by atoms with Gasteiger partial charge in [0, 0.05) is 5.57 Å². The van der Waals surface area contributed by atoms with Crippen molar-refractivity contribution in [2.24, 2.45) is 0 Å². The van der Waals surface area contributed by atoms with Crippen LogP contribution in [-0.4, -0.2) is 18.8 Å². The summed E-state index contributed by atoms with van der Waals surface area (Å²) in [5, 5.41) is 0. The van der Waals surface area contributed by atoms with Gasteiger partial charge >= 0.3 is 0 Å². The molecule has 1 rings (SSSR count). The van der Waals surface area contributed by atoms with Gasteiger partial charge in [0.2, 0.25) is 0 Å². The van der Waals surface area contributed by atoms with E-state index in [0.717, 1.165) is 23.7 Å². The van der Waals surface area contributed by atoms with Crippen LogP contribution in [0.1, 0.15) is 39.0 Å². The summed E-state index contributed by atoms with van der Waals surface area (Å²) in [6, 6.07) is 0. The maximum Gasteiger partial charge on any atom is 0.261 e. The van der Waals surface area contributed by atoms with Gasteiger partial charge in [0.15, 0.2) is 0 Å². The van der Waals surface area contributed by atoms with Crippen LogP contribution in [-0.2, 0) is 14.8 Å². The van der Waals surface area contributed by atoms with Crippen LogP contribution in [0.25, 0.3) is 0 Å². The van der Waals surface area contributed by atoms with E-state index in [1.54, 1.807) is 0 Å². The average Bonchev–Trinajstić information content (AvgIpc) is 2.42. The molecule has 0 aromatic rings. The summed E-state index contributed by atoms with van der Waals surface area (Å²) in [5.74, 6) is -0.420. The molecule has 0 saturated carbocycles. The first-order valence-corrected chi connectivity index (χ1v) is 8.39. The second-order valence-corrected chi connectivity index (χ2v) is 6.51. The monoisotopic (exact) mass is 357 g/mol. The van der Waals surface area contributed by atoms with Gasteiger partial charge in [-0.25, -0.2) is 13.1 Å². The fraction of sp³-hybridized carbons (Fsp3) is 0.700. The molecule has 0 aliphatic carbocycles. The number of alkyl halides is 1. The fourth-order valence-electron chi connectivity index (χ4n) is 1.65. The van der Waals surface area contributed by atoms with Crippen molar-refractivity contribution in [1.29, 1.82) is 0 Å². The van der Waals surface area contributed by atoms with Crippen LogP contribution in [0, 0.1) is 0 Å². The highest BCUT2D eigenvalue weighted by Crippen LogP contribution is 2.27. The molecule has 1 amide bonds. The molecule has 0 atom stereocenters. The number of hydrogen-bond acceptors (Lipinski definition) is 3. The van der Waals surface area contributed by atoms with Crippen LogP contribution in [0.3, 0.4) is 0 Å². The lowest BCUT2D eigenvalue weighted by molar-refractivity contribution is -0.115. The lowest BCUT2D eigenvalue weighted by Crippen LogP contribution is -2.23. The number of carbonyl (C=O) groups is 1. The molecular formula is C10H16INO3S. The van der Waals surface area contributed by atoms with Crippen LogP contribution in [0.5, 0.6) is 0 Å². The van der Waals surface area contributed by atoms with Gasteiger partial charge in [-0.2, -0.15) is 0 Å². The Bertz CT molecular complexity index is 400. The van der Waals surface area contributed by atoms with Crippen molar-refractivity contribution in [3.05, 3.63) is 10.5 Å². The number of hydrogen-bond donors (Lipinski definition) is 1. The summed E-state index contributed by atoms with van der Waals surface area (Å²) in [7, 11) is -3.51. The lowest BCUT2D eigenvalue weighted by Gasteiger charge is -2.02. The average molecular weight is 357 g/mol. The maximum atomic E-state index is 11.7. The minimum Gasteiger partial charge on any atom is -0.269 e. The molecule has 0 bridgehead atoms. The predicted octanol–water partition coefficient (Wildman–Crippen LogP) is 2.11. The maximum absolute atomic E-state index is 11.7. The van der Waals surface area contributed by atoms with Gasteiger partial charge in [0.25, 0.3) is 15.9 Å². The molecule has 0 spiro atoms. The number of halogens is 1. The van der Waals surface area contributed by atoms with E-state index in [1.807, 2.05) is 6.92 Å². The Balaban J connectivity index is 2.94. The molecular weight excluding hydrogens is 341 g/mol. The van der Waals surface area contributed by atoms with Gasteiger partial charge in [-0.05, 0) is 30.1 Å². The molecule has 0 saturated heterocycles. The third-order valence-electron chi connectivity index (χ3n) is 2.48. The van der Waals surface area contributed by atoms with Gasteiger partial charge < -0.3 is 0 Å². The van der Waals surface area contributed by atoms with Crippen molar-refractivity contribution in [2.75, 3.05) is 4.43 Å². The quantitative estimate of drug-likeness (QED) is 0.585. The van der Waals surface area contributed by atoms with Gasteiger partial charge in [-0.1, -0.05) is 35.9 Å². The summed E-state index contributed by atoms with van der Waals surface area (Å²) < 4.78 is 26.3. The molecule has 0 unspecified atom stereocenters. The van der Waals surface area contributed by atoms with Crippen LogP contribution >= 0.6 is 22.6 Å². The molecule has 0 aromatic heterocycles. The third kappa shape index (κ3) is 3.19. The standard InChI is InChI=1S/C10H16INO3S/c1-2-3-5-8-9(6-4-7-11)16(14,15)12-10(8)13/h2-7H2,1H3,(H,12,13). The second kappa shape index (κ2) is 6.00. The zero-order chi connectivity index (χ0) is 12.2. The van der Waals surface area contributed by atoms with Gasteiger partial charge in [0.1, 0.15) is 0 Å². The van der Waals surface area contributed by atoms with E-state index in [9.17, 15) is 13.2 Å². The number of amides is 1. The largest absolute Gasteiger partial charge is 0.269 e. The molecule has 0 radical (unpaired) electrons. The van der Waals surface area contributed by atoms with E-state index in [1.165, 1.54) is 0 Å². The van der Waals surface area contributed by atoms with Crippen molar-refractivity contribution < 1.29 is 13.2 Å². The molecule has 6 heteroatoms. The zero-order valence-electron chi connectivity index (χ0n) is 9.25. The molecule has 4 nitrogen and oxygen atoms in total. The Labute approximate surface area is 110 Å². The number of carbonyl (C=O) groups excluding carboxylic acids is 1. The van der Waals surface area contributed by atoms with E-state index in [4.69, 9.17) is 0 Å². The van der Waals surface area contributed by atoms with Crippen molar-refractivity contribution in [3.8, 4) is 0 Å². The van der Waals surface area contributed by atoms with Gasteiger partial charge in [-0.3, -0.25) is 4.79 Å². The van der Waals surface area contributed by atoms with Crippen molar-refractivity contribution in [2.45, 2.75) is 39.0 Å². The minimum atomic E-state index is -3.51. The van der Waals surface area contributed by atoms with E-state index in [2.05, 4.69) is 27.3 Å². The Kier molecular flexibility index (Phi) is 5.23. The highest BCUT2D eigenvalue weighted by Gasteiger charge is 2.34. The molecule has 92 valence electrons. The van der Waals surface area contributed by atoms with E-state index < -0.39 is 15.9 Å². The number of allylic oxidation sites excluding steroid dienone is 1. The summed E-state index contributed by atoms with van der Waals surface area (Å²) in [6.45, 7) is 2.02. The molecule has 0 fully saturated rings. The summed E-state index contributed by atoms with van der Waals surface area (Å²) in [5.41, 5.74) is 0.478. The highest BCUT2D eigenvalue weighted by molar-refractivity contribution is 14.1. The first kappa shape index (κ1) is 14.0. The summed E-state index contributed by atoms with van der Waals surface area (Å²) in [6.07, 6.45) is 3.64. The fourth-order valence-corrected chi connectivity index (χ4v) is 3.46. The molecule has 1 heterocycles. The van der Waals surface area contributed by atoms with Crippen molar-refractivity contribution in [1.82, 2.24) is 4.72 Å². The first-order chi connectivity index (χ1) is 7.53. The molecule has 1 aliphatic heterocycles. The van der Waals surface area contributed by atoms with Crippen LogP contribution < -0.4 is 4.72 Å². The minimum absolute atomic E-state index is 0.322. The Morgan fingerprint density at radius 3 is 2.50 bits per heavy atom.